The Balaban J connectivity index is 1.91. The van der Waals surface area contributed by atoms with Crippen LogP contribution in [0.5, 0.6) is 5.75 Å². The van der Waals surface area contributed by atoms with Gasteiger partial charge in [0.1, 0.15) is 5.75 Å². The van der Waals surface area contributed by atoms with Crippen molar-refractivity contribution in [2.75, 3.05) is 13.7 Å². The second-order valence-electron chi connectivity index (χ2n) is 5.41. The Morgan fingerprint density at radius 2 is 1.95 bits per heavy atom. The summed E-state index contributed by atoms with van der Waals surface area (Å²) in [4.78, 5) is 12.7. The molecule has 6 heteroatoms. The Morgan fingerprint density at radius 1 is 1.27 bits per heavy atom. The minimum absolute atomic E-state index is 0.321. The van der Waals surface area contributed by atoms with E-state index in [-0.39, 0.29) is 6.61 Å². The molecule has 0 aliphatic heterocycles. The van der Waals surface area contributed by atoms with E-state index >= 15 is 0 Å². The van der Waals surface area contributed by atoms with E-state index in [0.717, 1.165) is 30.0 Å². The molecule has 2 rings (SSSR count). The first kappa shape index (κ1) is 16.0. The second kappa shape index (κ2) is 7.09. The molecule has 1 aromatic heterocycles. The lowest BCUT2D eigenvalue weighted by molar-refractivity contribution is -0.139. The van der Waals surface area contributed by atoms with Gasteiger partial charge in [-0.25, -0.2) is 4.79 Å². The Bertz CT molecular complexity index is 615. The van der Waals surface area contributed by atoms with Gasteiger partial charge in [0.2, 0.25) is 0 Å². The van der Waals surface area contributed by atoms with Crippen LogP contribution in [0.4, 0.5) is 0 Å². The number of carboxylic acid groups (broad SMARTS) is 1. The minimum Gasteiger partial charge on any atom is -0.482 e. The number of nitrogens with zero attached hydrogens (tertiary/aromatic N) is 2. The topological polar surface area (TPSA) is 78.5 Å². The van der Waals surface area contributed by atoms with E-state index in [9.17, 15) is 4.79 Å². The molecular formula is C16H21N3O3. The highest BCUT2D eigenvalue weighted by atomic mass is 16.5. The summed E-state index contributed by atoms with van der Waals surface area (Å²) < 4.78 is 5.12. The van der Waals surface area contributed by atoms with Crippen molar-refractivity contribution in [2.45, 2.75) is 26.9 Å². The van der Waals surface area contributed by atoms with Crippen LogP contribution in [0.15, 0.2) is 24.3 Å². The zero-order valence-electron chi connectivity index (χ0n) is 13.1. The van der Waals surface area contributed by atoms with Crippen molar-refractivity contribution >= 4 is 5.97 Å². The first-order valence-corrected chi connectivity index (χ1v) is 7.08. The number of nitrogens with one attached hydrogen (secondary N) is 1. The maximum atomic E-state index is 10.5. The van der Waals surface area contributed by atoms with Crippen LogP contribution in [0, 0.1) is 13.8 Å². The number of ether oxygens (including phenoxy) is 1. The smallest absolute Gasteiger partial charge is 0.341 e. The van der Waals surface area contributed by atoms with Gasteiger partial charge in [0.05, 0.1) is 5.69 Å². The third-order valence-corrected chi connectivity index (χ3v) is 3.45. The van der Waals surface area contributed by atoms with Crippen LogP contribution in [0.25, 0.3) is 0 Å². The molecule has 0 unspecified atom stereocenters. The fourth-order valence-electron chi connectivity index (χ4n) is 2.28. The van der Waals surface area contributed by atoms with Crippen molar-refractivity contribution in [3.63, 3.8) is 0 Å². The molecule has 0 amide bonds. The van der Waals surface area contributed by atoms with Crippen molar-refractivity contribution in [1.29, 1.82) is 0 Å². The van der Waals surface area contributed by atoms with Gasteiger partial charge in [-0.3, -0.25) is 10.00 Å². The number of hydrogen-bond donors (Lipinski definition) is 2. The summed E-state index contributed by atoms with van der Waals surface area (Å²) in [5.41, 5.74) is 4.50. The number of aliphatic carboxylic acids is 1. The second-order valence-corrected chi connectivity index (χ2v) is 5.41. The summed E-state index contributed by atoms with van der Waals surface area (Å²) >= 11 is 0. The third kappa shape index (κ3) is 4.33. The number of aryl methyl sites for hydroxylation is 2. The first-order chi connectivity index (χ1) is 10.5. The van der Waals surface area contributed by atoms with Crippen LogP contribution >= 0.6 is 0 Å². The van der Waals surface area contributed by atoms with Gasteiger partial charge < -0.3 is 9.84 Å². The zero-order chi connectivity index (χ0) is 16.1. The predicted molar refractivity (Wildman–Crippen MR) is 82.8 cm³/mol. The molecule has 0 aliphatic carbocycles. The fourth-order valence-corrected chi connectivity index (χ4v) is 2.28. The molecule has 0 fully saturated rings. The normalized spacial score (nSPS) is 10.9. The van der Waals surface area contributed by atoms with E-state index < -0.39 is 5.97 Å². The number of carboxylic acids is 1. The van der Waals surface area contributed by atoms with E-state index in [1.165, 1.54) is 5.56 Å². The Labute approximate surface area is 129 Å². The molecule has 1 heterocycles. The summed E-state index contributed by atoms with van der Waals surface area (Å²) in [5, 5.41) is 15.8. The molecule has 0 saturated heterocycles. The highest BCUT2D eigenvalue weighted by molar-refractivity contribution is 5.68. The van der Waals surface area contributed by atoms with Crippen molar-refractivity contribution in [3.8, 4) is 5.75 Å². The van der Waals surface area contributed by atoms with Gasteiger partial charge in [-0.05, 0) is 38.6 Å². The molecule has 118 valence electrons. The van der Waals surface area contributed by atoms with Gasteiger partial charge in [0.25, 0.3) is 0 Å². The van der Waals surface area contributed by atoms with E-state index in [0.29, 0.717) is 5.75 Å². The summed E-state index contributed by atoms with van der Waals surface area (Å²) in [6.45, 7) is 5.33. The fraction of sp³-hybridized carbons (Fsp3) is 0.375. The molecule has 0 bridgehead atoms. The summed E-state index contributed by atoms with van der Waals surface area (Å²) in [5.74, 6) is -0.412. The monoisotopic (exact) mass is 303 g/mol. The Kier molecular flexibility index (Phi) is 5.16. The van der Waals surface area contributed by atoms with Crippen LogP contribution in [-0.2, 0) is 17.9 Å². The molecule has 6 nitrogen and oxygen atoms in total. The summed E-state index contributed by atoms with van der Waals surface area (Å²) in [7, 11) is 2.06. The summed E-state index contributed by atoms with van der Waals surface area (Å²) in [6, 6.07) is 7.48. The molecular weight excluding hydrogens is 282 g/mol. The number of H-pyrrole nitrogens is 1. The van der Waals surface area contributed by atoms with E-state index in [4.69, 9.17) is 9.84 Å². The van der Waals surface area contributed by atoms with Crippen molar-refractivity contribution in [1.82, 2.24) is 15.1 Å². The summed E-state index contributed by atoms with van der Waals surface area (Å²) in [6.07, 6.45) is 0. The van der Waals surface area contributed by atoms with Crippen molar-refractivity contribution in [2.24, 2.45) is 0 Å². The van der Waals surface area contributed by atoms with Gasteiger partial charge in [0.15, 0.2) is 6.61 Å². The molecule has 2 aromatic rings. The van der Waals surface area contributed by atoms with Gasteiger partial charge in [-0.1, -0.05) is 12.1 Å². The maximum absolute atomic E-state index is 10.5. The lowest BCUT2D eigenvalue weighted by Crippen LogP contribution is -2.18. The highest BCUT2D eigenvalue weighted by Crippen LogP contribution is 2.16. The average molecular weight is 303 g/mol. The number of benzene rings is 1. The van der Waals surface area contributed by atoms with Crippen LogP contribution in [-0.4, -0.2) is 39.8 Å². The molecule has 0 aliphatic rings. The number of aromatic nitrogens is 2. The molecule has 0 atom stereocenters. The van der Waals surface area contributed by atoms with Gasteiger partial charge in [-0.2, -0.15) is 5.10 Å². The molecule has 0 radical (unpaired) electrons. The molecule has 22 heavy (non-hydrogen) atoms. The van der Waals surface area contributed by atoms with E-state index in [2.05, 4.69) is 22.1 Å². The van der Waals surface area contributed by atoms with Gasteiger partial charge in [-0.15, -0.1) is 0 Å². The standard InChI is InChI=1S/C16H21N3O3/c1-11-15(12(2)18-17-11)9-19(3)8-13-4-6-14(7-5-13)22-10-16(20)21/h4-7H,8-10H2,1-3H3,(H,17,18)(H,20,21). The largest absolute Gasteiger partial charge is 0.482 e. The van der Waals surface area contributed by atoms with Crippen LogP contribution in [0.3, 0.4) is 0 Å². The van der Waals surface area contributed by atoms with Crippen molar-refractivity contribution in [3.05, 3.63) is 46.8 Å². The lowest BCUT2D eigenvalue weighted by Gasteiger charge is -2.17. The van der Waals surface area contributed by atoms with E-state index in [1.807, 2.05) is 26.0 Å². The Morgan fingerprint density at radius 3 is 2.50 bits per heavy atom. The first-order valence-electron chi connectivity index (χ1n) is 7.08. The number of hydrogen-bond acceptors (Lipinski definition) is 4. The van der Waals surface area contributed by atoms with Gasteiger partial charge in [0, 0.05) is 24.3 Å². The quantitative estimate of drug-likeness (QED) is 0.819. The third-order valence-electron chi connectivity index (χ3n) is 3.45. The predicted octanol–water partition coefficient (Wildman–Crippen LogP) is 2.12. The number of aromatic amines is 1. The van der Waals surface area contributed by atoms with Crippen LogP contribution < -0.4 is 4.74 Å². The lowest BCUT2D eigenvalue weighted by atomic mass is 10.1. The average Bonchev–Trinajstić information content (AvgIpc) is 2.78. The highest BCUT2D eigenvalue weighted by Gasteiger charge is 2.09. The minimum atomic E-state index is -0.977. The molecule has 0 spiro atoms. The number of rotatable bonds is 7. The van der Waals surface area contributed by atoms with Crippen molar-refractivity contribution < 1.29 is 14.6 Å². The van der Waals surface area contributed by atoms with E-state index in [1.54, 1.807) is 12.1 Å². The van der Waals surface area contributed by atoms with Crippen LogP contribution in [0.1, 0.15) is 22.5 Å². The molecule has 0 saturated carbocycles. The van der Waals surface area contributed by atoms with Crippen LogP contribution in [0.2, 0.25) is 0 Å². The van der Waals surface area contributed by atoms with Gasteiger partial charge >= 0.3 is 5.97 Å². The zero-order valence-corrected chi connectivity index (χ0v) is 13.1. The molecule has 2 N–H and O–H groups in total. The maximum Gasteiger partial charge on any atom is 0.341 e. The number of carbonyl (C=O) groups is 1. The molecule has 1 aromatic carbocycles. The SMILES string of the molecule is Cc1n[nH]c(C)c1CN(C)Cc1ccc(OCC(=O)O)cc1. The Hall–Kier alpha value is -2.34.